The van der Waals surface area contributed by atoms with E-state index >= 15 is 0 Å². The molecule has 1 fully saturated rings. The summed E-state index contributed by atoms with van der Waals surface area (Å²) in [4.78, 5) is 14.2. The van der Waals surface area contributed by atoms with Crippen LogP contribution in [0.1, 0.15) is 71.1 Å². The van der Waals surface area contributed by atoms with Crippen molar-refractivity contribution in [3.63, 3.8) is 0 Å². The van der Waals surface area contributed by atoms with Crippen molar-refractivity contribution in [2.24, 2.45) is 5.73 Å². The first-order chi connectivity index (χ1) is 13.8. The number of carbonyl (C=O) groups excluding carboxylic acids is 1. The molecule has 1 rings (SSSR count). The van der Waals surface area contributed by atoms with Gasteiger partial charge in [0.2, 0.25) is 5.91 Å². The number of unbranched alkanes of at least 4 members (excludes halogenated alkanes) is 1. The van der Waals surface area contributed by atoms with Gasteiger partial charge in [-0.2, -0.15) is 0 Å². The Hall–Kier alpha value is -1.87. The molecule has 0 saturated carbocycles. The van der Waals surface area contributed by atoms with Gasteiger partial charge in [0, 0.05) is 25.6 Å². The van der Waals surface area contributed by atoms with Gasteiger partial charge in [-0.3, -0.25) is 4.79 Å². The maximum Gasteiger partial charge on any atom is 0.222 e. The monoisotopic (exact) mass is 384 g/mol. The van der Waals surface area contributed by atoms with E-state index < -0.39 is 0 Å². The molecule has 1 heterocycles. The topological polar surface area (TPSA) is 46.3 Å². The Kier molecular flexibility index (Phi) is 14.9. The third kappa shape index (κ3) is 11.8. The molecule has 0 radical (unpaired) electrons. The Labute approximate surface area is 172 Å². The van der Waals surface area contributed by atoms with Crippen molar-refractivity contribution in [2.45, 2.75) is 77.2 Å². The second kappa shape index (κ2) is 17.2. The molecule has 1 aliphatic rings. The molecule has 1 aliphatic heterocycles. The van der Waals surface area contributed by atoms with Gasteiger partial charge in [-0.05, 0) is 57.8 Å². The van der Waals surface area contributed by atoms with Gasteiger partial charge in [0.05, 0.1) is 0 Å². The predicted molar refractivity (Wildman–Crippen MR) is 122 cm³/mol. The Morgan fingerprint density at radius 2 is 1.43 bits per heavy atom. The lowest BCUT2D eigenvalue weighted by Gasteiger charge is -2.23. The number of nitrogens with zero attached hydrogens (tertiary/aromatic N) is 1. The lowest BCUT2D eigenvalue weighted by atomic mass is 10.2. The van der Waals surface area contributed by atoms with E-state index in [0.717, 1.165) is 64.3 Å². The highest BCUT2D eigenvalue weighted by Gasteiger charge is 2.26. The van der Waals surface area contributed by atoms with E-state index in [-0.39, 0.29) is 11.9 Å². The van der Waals surface area contributed by atoms with Crippen molar-refractivity contribution in [1.82, 2.24) is 4.90 Å². The van der Waals surface area contributed by atoms with Crippen LogP contribution >= 0.6 is 0 Å². The third-order valence-corrected chi connectivity index (χ3v) is 4.89. The molecule has 0 aromatic rings. The maximum absolute atomic E-state index is 12.2. The molecule has 3 nitrogen and oxygen atoms in total. The number of nitrogens with two attached hydrogens (primary N) is 1. The van der Waals surface area contributed by atoms with Crippen molar-refractivity contribution < 1.29 is 4.79 Å². The zero-order valence-electron chi connectivity index (χ0n) is 17.8. The van der Waals surface area contributed by atoms with Gasteiger partial charge in [-0.25, -0.2) is 0 Å². The summed E-state index contributed by atoms with van der Waals surface area (Å²) in [5, 5.41) is 0. The fraction of sp³-hybridized carbons (Fsp3) is 0.560. The van der Waals surface area contributed by atoms with Crippen LogP contribution in [-0.4, -0.2) is 29.9 Å². The van der Waals surface area contributed by atoms with E-state index in [0.29, 0.717) is 13.0 Å². The molecule has 1 unspecified atom stereocenters. The van der Waals surface area contributed by atoms with E-state index in [2.05, 4.69) is 67.7 Å². The number of allylic oxidation sites excluding steroid dienone is 10. The highest BCUT2D eigenvalue weighted by molar-refractivity contribution is 5.76. The fourth-order valence-corrected chi connectivity index (χ4v) is 3.29. The molecule has 0 aromatic carbocycles. The van der Waals surface area contributed by atoms with E-state index in [1.165, 1.54) is 0 Å². The van der Waals surface area contributed by atoms with E-state index in [1.54, 1.807) is 0 Å². The molecule has 0 spiro atoms. The number of likely N-dealkylation sites (tertiary alicyclic amines) is 1. The third-order valence-electron chi connectivity index (χ3n) is 4.89. The Bertz CT molecular complexity index is 543. The summed E-state index contributed by atoms with van der Waals surface area (Å²) in [5.74, 6) is 0.278. The first kappa shape index (κ1) is 24.2. The zero-order valence-corrected chi connectivity index (χ0v) is 17.8. The second-order valence-corrected chi connectivity index (χ2v) is 7.22. The molecular weight excluding hydrogens is 344 g/mol. The minimum atomic E-state index is 0.278. The van der Waals surface area contributed by atoms with Gasteiger partial charge in [-0.1, -0.05) is 67.7 Å². The Morgan fingerprint density at radius 1 is 0.893 bits per heavy atom. The van der Waals surface area contributed by atoms with Crippen LogP contribution < -0.4 is 5.73 Å². The molecule has 2 N–H and O–H groups in total. The van der Waals surface area contributed by atoms with Crippen molar-refractivity contribution in [3.05, 3.63) is 60.8 Å². The van der Waals surface area contributed by atoms with Crippen molar-refractivity contribution >= 4 is 5.91 Å². The second-order valence-electron chi connectivity index (χ2n) is 7.22. The highest BCUT2D eigenvalue weighted by atomic mass is 16.2. The van der Waals surface area contributed by atoms with Crippen molar-refractivity contribution in [3.8, 4) is 0 Å². The first-order valence-corrected chi connectivity index (χ1v) is 11.0. The number of hydrogen-bond donors (Lipinski definition) is 1. The molecule has 0 aromatic heterocycles. The van der Waals surface area contributed by atoms with Gasteiger partial charge in [-0.15, -0.1) is 0 Å². The lowest BCUT2D eigenvalue weighted by molar-refractivity contribution is -0.131. The quantitative estimate of drug-likeness (QED) is 0.301. The predicted octanol–water partition coefficient (Wildman–Crippen LogP) is 5.86. The molecule has 3 heteroatoms. The number of amides is 1. The van der Waals surface area contributed by atoms with Crippen LogP contribution in [0, 0.1) is 0 Å². The van der Waals surface area contributed by atoms with Crippen LogP contribution in [0.5, 0.6) is 0 Å². The number of hydrogen-bond acceptors (Lipinski definition) is 2. The standard InChI is InChI=1S/C25H40N2O/c1-2-3-4-5-6-7-8-9-10-11-12-13-14-15-16-17-18-21-25(28)27-22-19-20-24(27)23-26/h3-4,6-7,9-10,12-13,15-16,24H,2,5,8,11,14,17-23,26H2,1H3. The van der Waals surface area contributed by atoms with Crippen LogP contribution in [0.25, 0.3) is 0 Å². The van der Waals surface area contributed by atoms with Crippen LogP contribution in [0.4, 0.5) is 0 Å². The minimum Gasteiger partial charge on any atom is -0.338 e. The average Bonchev–Trinajstić information content (AvgIpc) is 3.19. The van der Waals surface area contributed by atoms with Gasteiger partial charge in [0.1, 0.15) is 0 Å². The SMILES string of the molecule is CCC=CCC=CCC=CCC=CCC=CCCCC(=O)N1CCCC1CN. The number of rotatable bonds is 14. The summed E-state index contributed by atoms with van der Waals surface area (Å²) in [6.45, 7) is 3.64. The molecule has 1 amide bonds. The van der Waals surface area contributed by atoms with Crippen molar-refractivity contribution in [2.75, 3.05) is 13.1 Å². The number of carbonyl (C=O) groups is 1. The molecule has 28 heavy (non-hydrogen) atoms. The molecule has 156 valence electrons. The molecular formula is C25H40N2O. The first-order valence-electron chi connectivity index (χ1n) is 11.0. The smallest absolute Gasteiger partial charge is 0.222 e. The molecule has 0 aliphatic carbocycles. The summed E-state index contributed by atoms with van der Waals surface area (Å²) in [5.41, 5.74) is 5.74. The Balaban J connectivity index is 1.99. The highest BCUT2D eigenvalue weighted by Crippen LogP contribution is 2.18. The molecule has 0 bridgehead atoms. The maximum atomic E-state index is 12.2. The summed E-state index contributed by atoms with van der Waals surface area (Å²) < 4.78 is 0. The van der Waals surface area contributed by atoms with E-state index in [4.69, 9.17) is 5.73 Å². The lowest BCUT2D eigenvalue weighted by Crippen LogP contribution is -2.39. The molecule has 1 saturated heterocycles. The van der Waals surface area contributed by atoms with E-state index in [1.807, 2.05) is 4.90 Å². The minimum absolute atomic E-state index is 0.278. The van der Waals surface area contributed by atoms with Crippen LogP contribution in [0.3, 0.4) is 0 Å². The van der Waals surface area contributed by atoms with E-state index in [9.17, 15) is 4.79 Å². The summed E-state index contributed by atoms with van der Waals surface area (Å²) in [6, 6.07) is 0.279. The van der Waals surface area contributed by atoms with Crippen LogP contribution in [-0.2, 0) is 4.79 Å². The average molecular weight is 385 g/mol. The van der Waals surface area contributed by atoms with Crippen LogP contribution in [0.15, 0.2) is 60.8 Å². The normalized spacial score (nSPS) is 18.2. The summed E-state index contributed by atoms with van der Waals surface area (Å²) in [6.07, 6.45) is 31.9. The van der Waals surface area contributed by atoms with Gasteiger partial charge in [0.15, 0.2) is 0 Å². The van der Waals surface area contributed by atoms with Gasteiger partial charge < -0.3 is 10.6 Å². The summed E-state index contributed by atoms with van der Waals surface area (Å²) in [7, 11) is 0. The Morgan fingerprint density at radius 3 is 1.96 bits per heavy atom. The van der Waals surface area contributed by atoms with Crippen molar-refractivity contribution in [1.29, 1.82) is 0 Å². The van der Waals surface area contributed by atoms with Crippen LogP contribution in [0.2, 0.25) is 0 Å². The van der Waals surface area contributed by atoms with Gasteiger partial charge in [0.25, 0.3) is 0 Å². The van der Waals surface area contributed by atoms with Gasteiger partial charge >= 0.3 is 0 Å². The summed E-state index contributed by atoms with van der Waals surface area (Å²) >= 11 is 0. The fourth-order valence-electron chi connectivity index (χ4n) is 3.29. The molecule has 1 atom stereocenters. The largest absolute Gasteiger partial charge is 0.338 e. The zero-order chi connectivity index (χ0) is 20.3.